The molecule has 0 aliphatic carbocycles. The van der Waals surface area contributed by atoms with Crippen molar-refractivity contribution in [2.75, 3.05) is 12.4 Å². The smallest absolute Gasteiger partial charge is 0.172 e. The number of carbonyl (C=O) groups is 1. The Hall–Kier alpha value is -0.960. The number of Topliss-reactive ketones (excluding diaryl/α,β-unsaturated/α-hetero) is 1. The van der Waals surface area contributed by atoms with Crippen molar-refractivity contribution in [3.63, 3.8) is 0 Å². The van der Waals surface area contributed by atoms with Crippen molar-refractivity contribution in [3.05, 3.63) is 29.3 Å². The quantitative estimate of drug-likeness (QED) is 0.573. The van der Waals surface area contributed by atoms with E-state index < -0.39 is 0 Å². The molecule has 1 aliphatic rings. The molecule has 0 saturated heterocycles. The summed E-state index contributed by atoms with van der Waals surface area (Å²) >= 11 is 3.95. The first-order valence-electron chi connectivity index (χ1n) is 4.21. The molecule has 0 N–H and O–H groups in total. The Kier molecular flexibility index (Phi) is 2.27. The van der Waals surface area contributed by atoms with Crippen molar-refractivity contribution in [2.24, 2.45) is 0 Å². The average Bonchev–Trinajstić information content (AvgIpc) is 2.63. The van der Waals surface area contributed by atoms with Gasteiger partial charge >= 0.3 is 0 Å². The Labute approximate surface area is 82.3 Å². The van der Waals surface area contributed by atoms with Crippen molar-refractivity contribution < 1.29 is 9.53 Å². The number of rotatable bonds is 2. The Balaban J connectivity index is 2.36. The first-order valence-corrected chi connectivity index (χ1v) is 4.84. The van der Waals surface area contributed by atoms with Gasteiger partial charge in [-0.1, -0.05) is 0 Å². The van der Waals surface area contributed by atoms with E-state index >= 15 is 0 Å². The monoisotopic (exact) mass is 194 g/mol. The minimum absolute atomic E-state index is 0.0676. The van der Waals surface area contributed by atoms with E-state index in [0.717, 1.165) is 29.9 Å². The number of thiol groups is 1. The fraction of sp³-hybridized carbons (Fsp3) is 0.300. The highest BCUT2D eigenvalue weighted by molar-refractivity contribution is 7.81. The van der Waals surface area contributed by atoms with Crippen molar-refractivity contribution in [1.29, 1.82) is 0 Å². The van der Waals surface area contributed by atoms with Gasteiger partial charge in [-0.2, -0.15) is 12.6 Å². The lowest BCUT2D eigenvalue weighted by Crippen LogP contribution is -2.00. The topological polar surface area (TPSA) is 26.3 Å². The molecule has 0 amide bonds. The van der Waals surface area contributed by atoms with Gasteiger partial charge in [0.05, 0.1) is 12.4 Å². The van der Waals surface area contributed by atoms with E-state index in [9.17, 15) is 4.79 Å². The normalized spacial score (nSPS) is 13.6. The standard InChI is InChI=1S/C10H10O2S/c11-9(6-13)7-1-2-10-8(5-7)3-4-12-10/h1-2,5,13H,3-4,6H2. The molecule has 2 nitrogen and oxygen atoms in total. The van der Waals surface area contributed by atoms with Gasteiger partial charge in [0.1, 0.15) is 5.75 Å². The van der Waals surface area contributed by atoms with Gasteiger partial charge in [-0.25, -0.2) is 0 Å². The summed E-state index contributed by atoms with van der Waals surface area (Å²) in [6, 6.07) is 5.56. The SMILES string of the molecule is O=C(CS)c1ccc2c(c1)CCO2. The second-order valence-corrected chi connectivity index (χ2v) is 3.32. The minimum Gasteiger partial charge on any atom is -0.493 e. The van der Waals surface area contributed by atoms with Crippen LogP contribution in [0.4, 0.5) is 0 Å². The molecule has 1 aliphatic heterocycles. The maximum Gasteiger partial charge on any atom is 0.172 e. The third-order valence-electron chi connectivity index (χ3n) is 2.16. The number of ether oxygens (including phenoxy) is 1. The summed E-state index contributed by atoms with van der Waals surface area (Å²) in [5.41, 5.74) is 1.87. The molecule has 0 unspecified atom stereocenters. The summed E-state index contributed by atoms with van der Waals surface area (Å²) in [5, 5.41) is 0. The van der Waals surface area contributed by atoms with Crippen LogP contribution in [-0.2, 0) is 6.42 Å². The molecule has 1 aromatic carbocycles. The third kappa shape index (κ3) is 1.56. The second kappa shape index (κ2) is 3.42. The van der Waals surface area contributed by atoms with E-state index in [-0.39, 0.29) is 11.5 Å². The second-order valence-electron chi connectivity index (χ2n) is 3.00. The Morgan fingerprint density at radius 1 is 1.54 bits per heavy atom. The predicted octanol–water partition coefficient (Wildman–Crippen LogP) is 1.73. The molecule has 1 heterocycles. The maximum atomic E-state index is 11.3. The zero-order valence-electron chi connectivity index (χ0n) is 7.12. The van der Waals surface area contributed by atoms with Crippen LogP contribution in [0, 0.1) is 0 Å². The van der Waals surface area contributed by atoms with Gasteiger partial charge in [0.2, 0.25) is 0 Å². The molecule has 0 saturated carbocycles. The molecule has 1 aromatic rings. The van der Waals surface area contributed by atoms with Gasteiger partial charge in [0, 0.05) is 12.0 Å². The van der Waals surface area contributed by atoms with Crippen LogP contribution < -0.4 is 4.74 Å². The van der Waals surface area contributed by atoms with Crippen molar-refractivity contribution in [3.8, 4) is 5.75 Å². The zero-order chi connectivity index (χ0) is 9.26. The minimum atomic E-state index is 0.0676. The van der Waals surface area contributed by atoms with Crippen molar-refractivity contribution >= 4 is 18.4 Å². The molecule has 68 valence electrons. The summed E-state index contributed by atoms with van der Waals surface area (Å²) in [6.45, 7) is 0.730. The third-order valence-corrected chi connectivity index (χ3v) is 2.44. The zero-order valence-corrected chi connectivity index (χ0v) is 8.01. The van der Waals surface area contributed by atoms with Crippen LogP contribution in [-0.4, -0.2) is 18.1 Å². The summed E-state index contributed by atoms with van der Waals surface area (Å²) in [4.78, 5) is 11.3. The molecule has 0 atom stereocenters. The molecule has 2 rings (SSSR count). The lowest BCUT2D eigenvalue weighted by atomic mass is 10.1. The number of hydrogen-bond acceptors (Lipinski definition) is 3. The molecule has 0 aromatic heterocycles. The largest absolute Gasteiger partial charge is 0.493 e. The van der Waals surface area contributed by atoms with Gasteiger partial charge < -0.3 is 4.74 Å². The van der Waals surface area contributed by atoms with Crippen LogP contribution in [0.3, 0.4) is 0 Å². The highest BCUT2D eigenvalue weighted by atomic mass is 32.1. The van der Waals surface area contributed by atoms with Gasteiger partial charge in [-0.05, 0) is 23.8 Å². The summed E-state index contributed by atoms with van der Waals surface area (Å²) in [7, 11) is 0. The molecule has 0 bridgehead atoms. The molecule has 0 fully saturated rings. The van der Waals surface area contributed by atoms with Crippen LogP contribution in [0.1, 0.15) is 15.9 Å². The van der Waals surface area contributed by atoms with Crippen LogP contribution >= 0.6 is 12.6 Å². The Morgan fingerprint density at radius 3 is 3.15 bits per heavy atom. The van der Waals surface area contributed by atoms with E-state index in [1.54, 1.807) is 6.07 Å². The lowest BCUT2D eigenvalue weighted by Gasteiger charge is -2.00. The van der Waals surface area contributed by atoms with Gasteiger partial charge in [0.15, 0.2) is 5.78 Å². The van der Waals surface area contributed by atoms with E-state index in [4.69, 9.17) is 4.74 Å². The van der Waals surface area contributed by atoms with Gasteiger partial charge in [0.25, 0.3) is 0 Å². The van der Waals surface area contributed by atoms with E-state index in [1.807, 2.05) is 12.1 Å². The molecule has 0 radical (unpaired) electrons. The predicted molar refractivity (Wildman–Crippen MR) is 53.8 cm³/mol. The number of carbonyl (C=O) groups excluding carboxylic acids is 1. The number of ketones is 1. The molecular formula is C10H10O2S. The first kappa shape index (κ1) is 8.63. The fourth-order valence-corrected chi connectivity index (χ4v) is 1.63. The Morgan fingerprint density at radius 2 is 2.38 bits per heavy atom. The first-order chi connectivity index (χ1) is 6.31. The van der Waals surface area contributed by atoms with Crippen molar-refractivity contribution in [2.45, 2.75) is 6.42 Å². The number of hydrogen-bond donors (Lipinski definition) is 1. The lowest BCUT2D eigenvalue weighted by molar-refractivity contribution is 0.102. The highest BCUT2D eigenvalue weighted by Gasteiger charge is 2.13. The molecular weight excluding hydrogens is 184 g/mol. The van der Waals surface area contributed by atoms with E-state index in [0.29, 0.717) is 0 Å². The summed E-state index contributed by atoms with van der Waals surface area (Å²) in [5.74, 6) is 1.24. The van der Waals surface area contributed by atoms with Gasteiger partial charge in [-0.15, -0.1) is 0 Å². The van der Waals surface area contributed by atoms with Gasteiger partial charge in [-0.3, -0.25) is 4.79 Å². The average molecular weight is 194 g/mol. The number of fused-ring (bicyclic) bond motifs is 1. The van der Waals surface area contributed by atoms with Crippen molar-refractivity contribution in [1.82, 2.24) is 0 Å². The highest BCUT2D eigenvalue weighted by Crippen LogP contribution is 2.25. The van der Waals surface area contributed by atoms with E-state index in [2.05, 4.69) is 12.6 Å². The summed E-state index contributed by atoms with van der Waals surface area (Å²) in [6.07, 6.45) is 0.906. The maximum absolute atomic E-state index is 11.3. The molecule has 13 heavy (non-hydrogen) atoms. The molecule has 0 spiro atoms. The Bertz CT molecular complexity index is 347. The van der Waals surface area contributed by atoms with Crippen LogP contribution in [0.5, 0.6) is 5.75 Å². The van der Waals surface area contributed by atoms with Crippen LogP contribution in [0.2, 0.25) is 0 Å². The molecule has 3 heteroatoms. The van der Waals surface area contributed by atoms with E-state index in [1.165, 1.54) is 0 Å². The summed E-state index contributed by atoms with van der Waals surface area (Å²) < 4.78 is 5.34. The fourth-order valence-electron chi connectivity index (χ4n) is 1.45. The van der Waals surface area contributed by atoms with Crippen LogP contribution in [0.25, 0.3) is 0 Å². The number of benzene rings is 1. The van der Waals surface area contributed by atoms with Crippen LogP contribution in [0.15, 0.2) is 18.2 Å².